The second-order valence-corrected chi connectivity index (χ2v) is 14.9. The summed E-state index contributed by atoms with van der Waals surface area (Å²) in [6, 6.07) is 60.8. The SMILES string of the molecule is CC1(C)c2ccccc2-c2cc3c4cc(-c5ccccc5)ccc4n(-c4nc(-c5ccc6ccccc6c5)nc(-c5ccc6ccccc6c5)n4)c3cc21. The first-order chi connectivity index (χ1) is 26.5. The molecule has 0 aliphatic heterocycles. The summed E-state index contributed by atoms with van der Waals surface area (Å²) in [7, 11) is 0. The lowest BCUT2D eigenvalue weighted by atomic mass is 9.82. The van der Waals surface area contributed by atoms with Crippen molar-refractivity contribution in [1.29, 1.82) is 0 Å². The van der Waals surface area contributed by atoms with Crippen LogP contribution in [0.5, 0.6) is 0 Å². The molecule has 0 saturated carbocycles. The van der Waals surface area contributed by atoms with Gasteiger partial charge in [0.2, 0.25) is 5.95 Å². The summed E-state index contributed by atoms with van der Waals surface area (Å²) in [6.45, 7) is 4.67. The molecule has 0 N–H and O–H groups in total. The van der Waals surface area contributed by atoms with Gasteiger partial charge in [0.25, 0.3) is 0 Å². The molecule has 4 heteroatoms. The molecule has 10 aromatic rings. The van der Waals surface area contributed by atoms with Crippen LogP contribution in [0.2, 0.25) is 0 Å². The quantitative estimate of drug-likeness (QED) is 0.185. The number of hydrogen-bond donors (Lipinski definition) is 0. The highest BCUT2D eigenvalue weighted by molar-refractivity contribution is 6.12. The third kappa shape index (κ3) is 4.66. The molecule has 4 nitrogen and oxygen atoms in total. The van der Waals surface area contributed by atoms with E-state index in [1.54, 1.807) is 0 Å². The first kappa shape index (κ1) is 30.7. The van der Waals surface area contributed by atoms with Crippen LogP contribution in [0, 0.1) is 0 Å². The van der Waals surface area contributed by atoms with Crippen molar-refractivity contribution in [3.63, 3.8) is 0 Å². The second kappa shape index (κ2) is 11.5. The molecule has 0 fully saturated rings. The molecule has 54 heavy (non-hydrogen) atoms. The number of nitrogens with zero attached hydrogens (tertiary/aromatic N) is 4. The van der Waals surface area contributed by atoms with Gasteiger partial charge < -0.3 is 0 Å². The third-order valence-electron chi connectivity index (χ3n) is 11.4. The maximum absolute atomic E-state index is 5.33. The number of benzene rings is 8. The summed E-state index contributed by atoms with van der Waals surface area (Å²) in [5.74, 6) is 1.87. The van der Waals surface area contributed by atoms with E-state index >= 15 is 0 Å². The minimum absolute atomic E-state index is 0.164. The average Bonchev–Trinajstić information content (AvgIpc) is 3.67. The summed E-state index contributed by atoms with van der Waals surface area (Å²) in [5.41, 5.74) is 11.5. The Balaban J connectivity index is 1.22. The minimum Gasteiger partial charge on any atom is -0.278 e. The molecule has 2 aromatic heterocycles. The van der Waals surface area contributed by atoms with Crippen LogP contribution in [0.15, 0.2) is 170 Å². The van der Waals surface area contributed by atoms with Crippen molar-refractivity contribution in [1.82, 2.24) is 19.5 Å². The lowest BCUT2D eigenvalue weighted by Crippen LogP contribution is -2.15. The molecule has 0 amide bonds. The second-order valence-electron chi connectivity index (χ2n) is 14.9. The van der Waals surface area contributed by atoms with E-state index < -0.39 is 0 Å². The Bertz CT molecular complexity index is 3040. The van der Waals surface area contributed by atoms with Gasteiger partial charge in [-0.3, -0.25) is 4.57 Å². The van der Waals surface area contributed by atoms with Crippen molar-refractivity contribution >= 4 is 43.4 Å². The van der Waals surface area contributed by atoms with Crippen LogP contribution < -0.4 is 0 Å². The Labute approximate surface area is 313 Å². The minimum atomic E-state index is -0.164. The standard InChI is InChI=1S/C50H34N4/c1-50(2)43-19-11-10-18-39(43)40-29-42-41-28-36(31-12-4-3-5-13-31)24-25-45(41)54(46(42)30-44(40)50)49-52-47(37-22-20-32-14-6-8-16-34(32)26-37)51-48(53-49)38-23-21-33-15-7-9-17-35(33)27-38/h3-30H,1-2H3. The Hall–Kier alpha value is -6.91. The van der Waals surface area contributed by atoms with Crippen molar-refractivity contribution in [3.8, 4) is 51.0 Å². The molecule has 11 rings (SSSR count). The van der Waals surface area contributed by atoms with Gasteiger partial charge in [0.15, 0.2) is 11.6 Å². The van der Waals surface area contributed by atoms with Gasteiger partial charge in [0, 0.05) is 27.3 Å². The number of aromatic nitrogens is 4. The van der Waals surface area contributed by atoms with E-state index in [1.165, 1.54) is 49.5 Å². The fourth-order valence-corrected chi connectivity index (χ4v) is 8.62. The van der Waals surface area contributed by atoms with Crippen LogP contribution in [-0.2, 0) is 5.41 Å². The molecule has 1 aliphatic carbocycles. The Morgan fingerprint density at radius 3 is 1.65 bits per heavy atom. The highest BCUT2D eigenvalue weighted by Gasteiger charge is 2.36. The Kier molecular flexibility index (Phi) is 6.56. The average molecular weight is 691 g/mol. The zero-order chi connectivity index (χ0) is 36.0. The van der Waals surface area contributed by atoms with Gasteiger partial charge in [-0.05, 0) is 91.3 Å². The molecular weight excluding hydrogens is 657 g/mol. The smallest absolute Gasteiger partial charge is 0.238 e. The van der Waals surface area contributed by atoms with Gasteiger partial charge in [-0.2, -0.15) is 9.97 Å². The molecule has 0 spiro atoms. The van der Waals surface area contributed by atoms with E-state index in [-0.39, 0.29) is 5.41 Å². The topological polar surface area (TPSA) is 43.6 Å². The highest BCUT2D eigenvalue weighted by atomic mass is 15.2. The maximum Gasteiger partial charge on any atom is 0.238 e. The van der Waals surface area contributed by atoms with Crippen LogP contribution in [0.3, 0.4) is 0 Å². The van der Waals surface area contributed by atoms with Crippen molar-refractivity contribution in [2.45, 2.75) is 19.3 Å². The molecule has 254 valence electrons. The van der Waals surface area contributed by atoms with E-state index in [9.17, 15) is 0 Å². The molecular formula is C50H34N4. The molecule has 0 atom stereocenters. The van der Waals surface area contributed by atoms with Crippen LogP contribution in [-0.4, -0.2) is 19.5 Å². The van der Waals surface area contributed by atoms with E-state index in [4.69, 9.17) is 15.0 Å². The van der Waals surface area contributed by atoms with Crippen molar-refractivity contribution < 1.29 is 0 Å². The van der Waals surface area contributed by atoms with Gasteiger partial charge in [-0.1, -0.05) is 147 Å². The molecule has 0 radical (unpaired) electrons. The first-order valence-electron chi connectivity index (χ1n) is 18.5. The number of hydrogen-bond acceptors (Lipinski definition) is 3. The lowest BCUT2D eigenvalue weighted by molar-refractivity contribution is 0.661. The summed E-state index contributed by atoms with van der Waals surface area (Å²) < 4.78 is 2.26. The normalized spacial score (nSPS) is 13.1. The van der Waals surface area contributed by atoms with Crippen LogP contribution in [0.25, 0.3) is 94.3 Å². The van der Waals surface area contributed by atoms with Gasteiger partial charge in [0.1, 0.15) is 0 Å². The van der Waals surface area contributed by atoms with Gasteiger partial charge >= 0.3 is 0 Å². The molecule has 0 saturated heterocycles. The predicted octanol–water partition coefficient (Wildman–Crippen LogP) is 12.6. The van der Waals surface area contributed by atoms with Gasteiger partial charge in [-0.25, -0.2) is 4.98 Å². The van der Waals surface area contributed by atoms with Crippen molar-refractivity contribution in [2.75, 3.05) is 0 Å². The Morgan fingerprint density at radius 1 is 0.389 bits per heavy atom. The number of fused-ring (bicyclic) bond motifs is 8. The molecule has 2 heterocycles. The van der Waals surface area contributed by atoms with E-state index in [2.05, 4.69) is 188 Å². The Morgan fingerprint density at radius 2 is 0.963 bits per heavy atom. The fourth-order valence-electron chi connectivity index (χ4n) is 8.62. The molecule has 1 aliphatic rings. The van der Waals surface area contributed by atoms with Crippen LogP contribution in [0.1, 0.15) is 25.0 Å². The van der Waals surface area contributed by atoms with E-state index in [1.807, 2.05) is 0 Å². The zero-order valence-corrected chi connectivity index (χ0v) is 30.0. The third-order valence-corrected chi connectivity index (χ3v) is 11.4. The van der Waals surface area contributed by atoms with Crippen LogP contribution >= 0.6 is 0 Å². The fraction of sp³-hybridized carbons (Fsp3) is 0.0600. The first-order valence-corrected chi connectivity index (χ1v) is 18.5. The highest BCUT2D eigenvalue weighted by Crippen LogP contribution is 2.51. The van der Waals surface area contributed by atoms with Gasteiger partial charge in [0.05, 0.1) is 11.0 Å². The summed E-state index contributed by atoms with van der Waals surface area (Å²) in [6.07, 6.45) is 0. The number of rotatable bonds is 4. The lowest BCUT2D eigenvalue weighted by Gasteiger charge is -2.21. The van der Waals surface area contributed by atoms with E-state index in [0.717, 1.165) is 38.3 Å². The van der Waals surface area contributed by atoms with Gasteiger partial charge in [-0.15, -0.1) is 0 Å². The monoisotopic (exact) mass is 690 g/mol. The summed E-state index contributed by atoms with van der Waals surface area (Å²) in [5, 5.41) is 6.99. The molecule has 0 unspecified atom stereocenters. The predicted molar refractivity (Wildman–Crippen MR) is 223 cm³/mol. The molecule has 8 aromatic carbocycles. The zero-order valence-electron chi connectivity index (χ0n) is 30.0. The summed E-state index contributed by atoms with van der Waals surface area (Å²) >= 11 is 0. The molecule has 0 bridgehead atoms. The van der Waals surface area contributed by atoms with Crippen LogP contribution in [0.4, 0.5) is 0 Å². The van der Waals surface area contributed by atoms with E-state index in [0.29, 0.717) is 17.6 Å². The summed E-state index contributed by atoms with van der Waals surface area (Å²) in [4.78, 5) is 15.8. The van der Waals surface area contributed by atoms with Crippen molar-refractivity contribution in [3.05, 3.63) is 181 Å². The maximum atomic E-state index is 5.33. The van der Waals surface area contributed by atoms with Crippen molar-refractivity contribution in [2.24, 2.45) is 0 Å². The largest absolute Gasteiger partial charge is 0.278 e.